The molecule has 9 nitrogen and oxygen atoms in total. The van der Waals surface area contributed by atoms with E-state index in [2.05, 4.69) is 20.6 Å². The largest absolute Gasteiger partial charge is 0.461 e. The maximum atomic E-state index is 12.6. The summed E-state index contributed by atoms with van der Waals surface area (Å²) in [6, 6.07) is 2.61. The molecule has 2 rings (SSSR count). The highest BCUT2D eigenvalue weighted by atomic mass is 35.5. The molecule has 0 spiro atoms. The van der Waals surface area contributed by atoms with Gasteiger partial charge in [-0.05, 0) is 42.1 Å². The van der Waals surface area contributed by atoms with Crippen LogP contribution in [0.1, 0.15) is 50.7 Å². The summed E-state index contributed by atoms with van der Waals surface area (Å²) in [5.41, 5.74) is 2.15. The fourth-order valence-electron chi connectivity index (χ4n) is 2.69. The number of ether oxygens (including phenoxy) is 1. The number of carbonyl (C=O) groups is 1. The van der Waals surface area contributed by atoms with Gasteiger partial charge in [-0.2, -0.15) is 13.4 Å². The Labute approximate surface area is 181 Å². The Bertz CT molecular complexity index is 983. The molecular formula is C19H26ClN5O4S. The van der Waals surface area contributed by atoms with Crippen molar-refractivity contribution in [3.05, 3.63) is 40.7 Å². The van der Waals surface area contributed by atoms with Crippen LogP contribution in [0.2, 0.25) is 5.02 Å². The van der Waals surface area contributed by atoms with E-state index in [0.29, 0.717) is 10.7 Å². The summed E-state index contributed by atoms with van der Waals surface area (Å²) in [5.74, 6) is 0.120. The number of hydrogen-bond donors (Lipinski definition) is 3. The number of anilines is 1. The van der Waals surface area contributed by atoms with Crippen molar-refractivity contribution in [2.75, 3.05) is 19.1 Å². The van der Waals surface area contributed by atoms with Crippen molar-refractivity contribution < 1.29 is 17.9 Å². The van der Waals surface area contributed by atoms with Gasteiger partial charge in [-0.3, -0.25) is 10.3 Å². The Morgan fingerprint density at radius 2 is 1.73 bits per heavy atom. The van der Waals surface area contributed by atoms with Crippen LogP contribution < -0.4 is 20.1 Å². The second-order valence-electron chi connectivity index (χ2n) is 7.17. The van der Waals surface area contributed by atoms with Gasteiger partial charge < -0.3 is 10.1 Å². The van der Waals surface area contributed by atoms with E-state index < -0.39 is 21.1 Å². The first-order valence-corrected chi connectivity index (χ1v) is 11.2. The zero-order valence-electron chi connectivity index (χ0n) is 17.5. The van der Waals surface area contributed by atoms with Gasteiger partial charge in [0, 0.05) is 10.7 Å². The van der Waals surface area contributed by atoms with E-state index in [1.54, 1.807) is 19.2 Å². The molecule has 2 aromatic rings. The lowest BCUT2D eigenvalue weighted by Gasteiger charge is -2.21. The van der Waals surface area contributed by atoms with Crippen LogP contribution in [0.3, 0.4) is 0 Å². The minimum atomic E-state index is -4.26. The Hall–Kier alpha value is -2.43. The molecule has 0 unspecified atom stereocenters. The third kappa shape index (κ3) is 6.04. The van der Waals surface area contributed by atoms with Gasteiger partial charge in [0.15, 0.2) is 5.03 Å². The molecule has 1 aromatic heterocycles. The fourth-order valence-corrected chi connectivity index (χ4v) is 3.74. The number of aromatic nitrogens is 2. The van der Waals surface area contributed by atoms with Crippen LogP contribution in [0.25, 0.3) is 0 Å². The number of rotatable bonds is 8. The van der Waals surface area contributed by atoms with Crippen LogP contribution in [-0.2, 0) is 10.0 Å². The van der Waals surface area contributed by atoms with Crippen LogP contribution >= 0.6 is 11.6 Å². The molecule has 0 saturated carbocycles. The van der Waals surface area contributed by atoms with Crippen molar-refractivity contribution in [2.45, 2.75) is 44.6 Å². The van der Waals surface area contributed by atoms with Crippen molar-refractivity contribution in [1.29, 1.82) is 0 Å². The van der Waals surface area contributed by atoms with E-state index >= 15 is 0 Å². The van der Waals surface area contributed by atoms with Crippen LogP contribution in [0.5, 0.6) is 5.88 Å². The number of carbonyl (C=O) groups excluding carboxylic acids is 1. The lowest BCUT2D eigenvalue weighted by molar-refractivity contribution is 0.256. The molecule has 0 aliphatic rings. The van der Waals surface area contributed by atoms with E-state index in [-0.39, 0.29) is 24.4 Å². The molecule has 0 aliphatic carbocycles. The van der Waals surface area contributed by atoms with Gasteiger partial charge in [0.2, 0.25) is 5.88 Å². The van der Waals surface area contributed by atoms with Crippen molar-refractivity contribution in [2.24, 2.45) is 0 Å². The number of sulfonamides is 1. The Kier molecular flexibility index (Phi) is 7.99. The van der Waals surface area contributed by atoms with Gasteiger partial charge in [-0.15, -0.1) is 0 Å². The van der Waals surface area contributed by atoms with Gasteiger partial charge in [-0.1, -0.05) is 39.3 Å². The summed E-state index contributed by atoms with van der Waals surface area (Å²) in [6.07, 6.45) is 2.30. The van der Waals surface area contributed by atoms with E-state index in [1.165, 1.54) is 6.20 Å². The van der Waals surface area contributed by atoms with Crippen molar-refractivity contribution in [3.63, 3.8) is 0 Å². The zero-order chi connectivity index (χ0) is 22.5. The summed E-state index contributed by atoms with van der Waals surface area (Å²) in [7, 11) is -2.60. The summed E-state index contributed by atoms with van der Waals surface area (Å²) >= 11 is 6.23. The van der Waals surface area contributed by atoms with Gasteiger partial charge >= 0.3 is 6.03 Å². The van der Waals surface area contributed by atoms with E-state index in [0.717, 1.165) is 17.3 Å². The second-order valence-corrected chi connectivity index (χ2v) is 9.23. The number of urea groups is 1. The number of halogens is 1. The molecule has 1 aromatic carbocycles. The SMILES string of the molecule is CNCOc1cncc(S(=O)(=O)NC(=O)Nc2c(C(C)C)cc(Cl)cc2C(C)C)n1. The van der Waals surface area contributed by atoms with E-state index in [9.17, 15) is 13.2 Å². The van der Waals surface area contributed by atoms with Crippen molar-refractivity contribution in [1.82, 2.24) is 20.0 Å². The van der Waals surface area contributed by atoms with Gasteiger partial charge in [0.25, 0.3) is 10.0 Å². The lowest BCUT2D eigenvalue weighted by atomic mass is 9.92. The molecule has 0 saturated heterocycles. The minimum Gasteiger partial charge on any atom is -0.461 e. The normalized spacial score (nSPS) is 11.6. The number of hydrogen-bond acceptors (Lipinski definition) is 7. The monoisotopic (exact) mass is 455 g/mol. The molecule has 11 heteroatoms. The lowest BCUT2D eigenvalue weighted by Crippen LogP contribution is -2.35. The summed E-state index contributed by atoms with van der Waals surface area (Å²) in [6.45, 7) is 7.96. The highest BCUT2D eigenvalue weighted by Crippen LogP contribution is 2.35. The molecule has 30 heavy (non-hydrogen) atoms. The number of nitrogens with one attached hydrogen (secondary N) is 3. The standard InChI is InChI=1S/C19H26ClN5O4S/c1-11(2)14-6-13(20)7-15(12(3)4)18(14)24-19(26)25-30(27,28)17-9-22-8-16(23-17)29-10-21-5/h6-9,11-12,21H,10H2,1-5H3,(H2,24,25,26). The first-order chi connectivity index (χ1) is 14.0. The molecule has 0 aliphatic heterocycles. The maximum absolute atomic E-state index is 12.6. The number of benzene rings is 1. The molecule has 0 fully saturated rings. The van der Waals surface area contributed by atoms with Crippen molar-refractivity contribution in [3.8, 4) is 5.88 Å². The molecule has 0 radical (unpaired) electrons. The molecule has 2 amide bonds. The van der Waals surface area contributed by atoms with Gasteiger partial charge in [0.05, 0.1) is 12.4 Å². The minimum absolute atomic E-state index is 0.00882. The average molecular weight is 456 g/mol. The summed E-state index contributed by atoms with van der Waals surface area (Å²) in [4.78, 5) is 20.2. The zero-order valence-corrected chi connectivity index (χ0v) is 19.1. The first-order valence-electron chi connectivity index (χ1n) is 9.31. The third-order valence-corrected chi connectivity index (χ3v) is 5.52. The summed E-state index contributed by atoms with van der Waals surface area (Å²) < 4.78 is 32.3. The predicted molar refractivity (Wildman–Crippen MR) is 116 cm³/mol. The van der Waals surface area contributed by atoms with Gasteiger partial charge in [0.1, 0.15) is 6.73 Å². The van der Waals surface area contributed by atoms with E-state index in [1.807, 2.05) is 32.4 Å². The van der Waals surface area contributed by atoms with Crippen LogP contribution in [0.4, 0.5) is 10.5 Å². The molecule has 164 valence electrons. The third-order valence-electron chi connectivity index (χ3n) is 4.10. The second kappa shape index (κ2) is 10.1. The highest BCUT2D eigenvalue weighted by Gasteiger charge is 2.23. The summed E-state index contributed by atoms with van der Waals surface area (Å²) in [5, 5.41) is 5.52. The smallest absolute Gasteiger partial charge is 0.333 e. The molecule has 0 atom stereocenters. The molecule has 1 heterocycles. The van der Waals surface area contributed by atoms with Gasteiger partial charge in [-0.25, -0.2) is 9.52 Å². The maximum Gasteiger partial charge on any atom is 0.333 e. The van der Waals surface area contributed by atoms with Crippen molar-refractivity contribution >= 4 is 33.3 Å². The fraction of sp³-hybridized carbons (Fsp3) is 0.421. The Morgan fingerprint density at radius 1 is 1.13 bits per heavy atom. The van der Waals surface area contributed by atoms with E-state index in [4.69, 9.17) is 16.3 Å². The van der Waals surface area contributed by atoms with Crippen LogP contribution in [-0.4, -0.2) is 38.2 Å². The first kappa shape index (κ1) is 23.8. The number of nitrogens with zero attached hydrogens (tertiary/aromatic N) is 2. The Balaban J connectivity index is 2.29. The Morgan fingerprint density at radius 3 is 2.27 bits per heavy atom. The molecule has 0 bridgehead atoms. The topological polar surface area (TPSA) is 122 Å². The van der Waals surface area contributed by atoms with Crippen LogP contribution in [0.15, 0.2) is 29.6 Å². The highest BCUT2D eigenvalue weighted by molar-refractivity contribution is 7.90. The molecular weight excluding hydrogens is 430 g/mol. The average Bonchev–Trinajstić information content (AvgIpc) is 2.66. The predicted octanol–water partition coefficient (Wildman–Crippen LogP) is 3.44. The molecule has 3 N–H and O–H groups in total. The number of amides is 2. The quantitative estimate of drug-likeness (QED) is 0.521. The van der Waals surface area contributed by atoms with Crippen LogP contribution in [0, 0.1) is 0 Å².